The van der Waals surface area contributed by atoms with Crippen molar-refractivity contribution in [2.45, 2.75) is 96.2 Å². The smallest absolute Gasteiger partial charge is 0.0842 e. The van der Waals surface area contributed by atoms with Gasteiger partial charge in [0.2, 0.25) is 0 Å². The zero-order valence-electron chi connectivity index (χ0n) is 12.2. The third-order valence-electron chi connectivity index (χ3n) is 3.93. The predicted octanol–water partition coefficient (Wildman–Crippen LogP) is 4.45. The molecule has 0 radical (unpaired) electrons. The van der Waals surface area contributed by atoms with Crippen LogP contribution < -0.4 is 0 Å². The van der Waals surface area contributed by atoms with E-state index in [9.17, 15) is 0 Å². The van der Waals surface area contributed by atoms with E-state index in [0.717, 1.165) is 12.8 Å². The summed E-state index contributed by atoms with van der Waals surface area (Å²) in [6.45, 7) is 2.58. The minimum Gasteiger partial charge on any atom is -0.396 e. The van der Waals surface area contributed by atoms with Crippen molar-refractivity contribution in [2.24, 2.45) is 0 Å². The predicted molar refractivity (Wildman–Crippen MR) is 76.8 cm³/mol. The molecule has 18 heavy (non-hydrogen) atoms. The van der Waals surface area contributed by atoms with Crippen LogP contribution in [0.1, 0.15) is 84.0 Å². The maximum atomic E-state index is 8.72. The fourth-order valence-electron chi connectivity index (χ4n) is 2.64. The summed E-state index contributed by atoms with van der Waals surface area (Å²) in [7, 11) is 0. The van der Waals surface area contributed by atoms with E-state index >= 15 is 0 Å². The summed E-state index contributed by atoms with van der Waals surface area (Å²) < 4.78 is 5.58. The van der Waals surface area contributed by atoms with Crippen LogP contribution in [0.2, 0.25) is 0 Å². The molecule has 1 saturated heterocycles. The van der Waals surface area contributed by atoms with E-state index in [2.05, 4.69) is 6.92 Å². The number of epoxide rings is 1. The van der Waals surface area contributed by atoms with Gasteiger partial charge in [-0.3, -0.25) is 0 Å². The molecule has 1 aliphatic heterocycles. The van der Waals surface area contributed by atoms with Gasteiger partial charge in [-0.25, -0.2) is 0 Å². The first kappa shape index (κ1) is 16.0. The maximum Gasteiger partial charge on any atom is 0.0842 e. The van der Waals surface area contributed by atoms with E-state index in [4.69, 9.17) is 9.84 Å². The lowest BCUT2D eigenvalue weighted by Crippen LogP contribution is -1.96. The van der Waals surface area contributed by atoms with Crippen molar-refractivity contribution >= 4 is 0 Å². The summed E-state index contributed by atoms with van der Waals surface area (Å²) in [5, 5.41) is 8.72. The summed E-state index contributed by atoms with van der Waals surface area (Å²) in [6.07, 6.45) is 16.8. The molecule has 0 aliphatic carbocycles. The molecule has 2 heteroatoms. The van der Waals surface area contributed by atoms with Gasteiger partial charge in [0.15, 0.2) is 0 Å². The highest BCUT2D eigenvalue weighted by Crippen LogP contribution is 2.30. The minimum absolute atomic E-state index is 0.310. The Morgan fingerprint density at radius 3 is 1.78 bits per heavy atom. The normalized spacial score (nSPS) is 22.3. The van der Waals surface area contributed by atoms with Crippen LogP contribution in [0.3, 0.4) is 0 Å². The van der Waals surface area contributed by atoms with Crippen molar-refractivity contribution in [1.82, 2.24) is 0 Å². The van der Waals surface area contributed by atoms with Crippen molar-refractivity contribution in [2.75, 3.05) is 6.61 Å². The van der Waals surface area contributed by atoms with Gasteiger partial charge < -0.3 is 9.84 Å². The molecule has 0 aromatic rings. The second kappa shape index (κ2) is 10.8. The molecule has 1 rings (SSSR count). The Morgan fingerprint density at radius 2 is 1.22 bits per heavy atom. The van der Waals surface area contributed by atoms with Crippen molar-refractivity contribution in [3.8, 4) is 0 Å². The second-order valence-corrected chi connectivity index (χ2v) is 5.70. The van der Waals surface area contributed by atoms with Gasteiger partial charge in [-0.1, -0.05) is 64.7 Å². The SMILES string of the molecule is CCCCCCCCCCCC1OC1CCCO. The lowest BCUT2D eigenvalue weighted by atomic mass is 10.0. The topological polar surface area (TPSA) is 32.8 Å². The Labute approximate surface area is 113 Å². The summed E-state index contributed by atoms with van der Waals surface area (Å²) in [5.41, 5.74) is 0. The molecule has 2 nitrogen and oxygen atoms in total. The molecule has 0 spiro atoms. The fraction of sp³-hybridized carbons (Fsp3) is 1.00. The van der Waals surface area contributed by atoms with Crippen LogP contribution in [-0.4, -0.2) is 23.9 Å². The lowest BCUT2D eigenvalue weighted by Gasteiger charge is -2.01. The second-order valence-electron chi connectivity index (χ2n) is 5.70. The van der Waals surface area contributed by atoms with Crippen LogP contribution in [0.5, 0.6) is 0 Å². The quantitative estimate of drug-likeness (QED) is 0.390. The summed E-state index contributed by atoms with van der Waals surface area (Å²) >= 11 is 0. The van der Waals surface area contributed by atoms with Gasteiger partial charge in [0.25, 0.3) is 0 Å². The molecule has 0 aromatic heterocycles. The first-order valence-corrected chi connectivity index (χ1v) is 8.14. The van der Waals surface area contributed by atoms with Gasteiger partial charge >= 0.3 is 0 Å². The molecule has 0 bridgehead atoms. The number of aliphatic hydroxyl groups excluding tert-OH is 1. The minimum atomic E-state index is 0.310. The molecule has 108 valence electrons. The zero-order chi connectivity index (χ0) is 13.1. The summed E-state index contributed by atoms with van der Waals surface area (Å²) in [5.74, 6) is 0. The van der Waals surface area contributed by atoms with Crippen molar-refractivity contribution in [3.63, 3.8) is 0 Å². The molecule has 0 saturated carbocycles. The van der Waals surface area contributed by atoms with Gasteiger partial charge in [-0.15, -0.1) is 0 Å². The third kappa shape index (κ3) is 8.10. The molecular formula is C16H32O2. The lowest BCUT2D eigenvalue weighted by molar-refractivity contribution is 0.272. The zero-order valence-corrected chi connectivity index (χ0v) is 12.2. The number of rotatable bonds is 13. The van der Waals surface area contributed by atoms with E-state index in [1.54, 1.807) is 0 Å². The molecule has 0 aromatic carbocycles. The van der Waals surface area contributed by atoms with Crippen LogP contribution in [0.15, 0.2) is 0 Å². The van der Waals surface area contributed by atoms with Crippen LogP contribution in [0.25, 0.3) is 0 Å². The third-order valence-corrected chi connectivity index (χ3v) is 3.93. The Balaban J connectivity index is 1.72. The van der Waals surface area contributed by atoms with Gasteiger partial charge in [0.1, 0.15) is 0 Å². The molecule has 1 aliphatic rings. The Hall–Kier alpha value is -0.0800. The van der Waals surface area contributed by atoms with Crippen LogP contribution in [0.4, 0.5) is 0 Å². The fourth-order valence-corrected chi connectivity index (χ4v) is 2.64. The molecule has 2 atom stereocenters. The van der Waals surface area contributed by atoms with E-state index in [1.165, 1.54) is 64.2 Å². The highest BCUT2D eigenvalue weighted by atomic mass is 16.6. The van der Waals surface area contributed by atoms with Crippen molar-refractivity contribution in [1.29, 1.82) is 0 Å². The highest BCUT2D eigenvalue weighted by molar-refractivity contribution is 4.84. The van der Waals surface area contributed by atoms with E-state index in [1.807, 2.05) is 0 Å². The van der Waals surface area contributed by atoms with Crippen molar-refractivity contribution < 1.29 is 9.84 Å². The van der Waals surface area contributed by atoms with Crippen LogP contribution in [0, 0.1) is 0 Å². The summed E-state index contributed by atoms with van der Waals surface area (Å²) in [6, 6.07) is 0. The van der Waals surface area contributed by atoms with E-state index in [-0.39, 0.29) is 0 Å². The average molecular weight is 256 g/mol. The van der Waals surface area contributed by atoms with Gasteiger partial charge in [0.05, 0.1) is 12.2 Å². The standard InChI is InChI=1S/C16H32O2/c1-2-3-4-5-6-7-8-9-10-12-15-16(18-15)13-11-14-17/h15-17H,2-14H2,1H3. The van der Waals surface area contributed by atoms with Crippen LogP contribution >= 0.6 is 0 Å². The molecule has 1 heterocycles. The van der Waals surface area contributed by atoms with E-state index in [0.29, 0.717) is 18.8 Å². The van der Waals surface area contributed by atoms with Gasteiger partial charge in [-0.05, 0) is 19.3 Å². The first-order chi connectivity index (χ1) is 8.88. The largest absolute Gasteiger partial charge is 0.396 e. The first-order valence-electron chi connectivity index (χ1n) is 8.14. The molecular weight excluding hydrogens is 224 g/mol. The Morgan fingerprint density at radius 1 is 0.722 bits per heavy atom. The monoisotopic (exact) mass is 256 g/mol. The maximum absolute atomic E-state index is 8.72. The Bertz CT molecular complexity index is 182. The Kier molecular flexibility index (Phi) is 9.59. The molecule has 2 unspecified atom stereocenters. The molecule has 1 N–H and O–H groups in total. The number of ether oxygens (including phenoxy) is 1. The van der Waals surface area contributed by atoms with E-state index < -0.39 is 0 Å². The van der Waals surface area contributed by atoms with Crippen molar-refractivity contribution in [3.05, 3.63) is 0 Å². The molecule has 0 amide bonds. The number of hydrogen-bond acceptors (Lipinski definition) is 2. The average Bonchev–Trinajstić information content (AvgIpc) is 3.13. The number of unbranched alkanes of at least 4 members (excludes halogenated alkanes) is 8. The summed E-state index contributed by atoms with van der Waals surface area (Å²) in [4.78, 5) is 0. The van der Waals surface area contributed by atoms with Crippen LogP contribution in [-0.2, 0) is 4.74 Å². The van der Waals surface area contributed by atoms with Gasteiger partial charge in [0, 0.05) is 6.61 Å². The molecule has 1 fully saturated rings. The number of hydrogen-bond donors (Lipinski definition) is 1. The van der Waals surface area contributed by atoms with Gasteiger partial charge in [-0.2, -0.15) is 0 Å². The number of aliphatic hydroxyl groups is 1. The highest BCUT2D eigenvalue weighted by Gasteiger charge is 2.36.